The van der Waals surface area contributed by atoms with E-state index in [1.54, 1.807) is 12.1 Å². The molecular formula is C18H20FN5OS. The molecular weight excluding hydrogens is 353 g/mol. The van der Waals surface area contributed by atoms with E-state index in [0.717, 1.165) is 37.3 Å². The van der Waals surface area contributed by atoms with Crippen LogP contribution in [0.1, 0.15) is 50.4 Å². The third-order valence-electron chi connectivity index (χ3n) is 4.28. The van der Waals surface area contributed by atoms with Gasteiger partial charge in [0.25, 0.3) is 0 Å². The number of hydrogen-bond acceptors (Lipinski definition) is 6. The van der Waals surface area contributed by atoms with Crippen LogP contribution in [0.3, 0.4) is 0 Å². The van der Waals surface area contributed by atoms with Crippen LogP contribution in [-0.4, -0.2) is 24.9 Å². The van der Waals surface area contributed by atoms with E-state index >= 15 is 0 Å². The smallest absolute Gasteiger partial charge is 0.226 e. The average Bonchev–Trinajstić information content (AvgIpc) is 3.24. The molecule has 1 saturated carbocycles. The van der Waals surface area contributed by atoms with Crippen LogP contribution in [0.15, 0.2) is 33.9 Å². The monoisotopic (exact) mass is 373 g/mol. The van der Waals surface area contributed by atoms with E-state index in [0.29, 0.717) is 34.9 Å². The van der Waals surface area contributed by atoms with Gasteiger partial charge in [0.1, 0.15) is 5.82 Å². The molecule has 3 aromatic rings. The Hall–Kier alpha value is -2.22. The molecule has 1 aliphatic rings. The summed E-state index contributed by atoms with van der Waals surface area (Å²) in [6.07, 6.45) is 5.07. The van der Waals surface area contributed by atoms with Gasteiger partial charge in [-0.05, 0) is 31.4 Å². The summed E-state index contributed by atoms with van der Waals surface area (Å²) in [5.41, 5.74) is 0.486. The highest BCUT2D eigenvalue weighted by molar-refractivity contribution is 7.98. The minimum atomic E-state index is -0.280. The highest BCUT2D eigenvalue weighted by Crippen LogP contribution is 2.41. The predicted molar refractivity (Wildman–Crippen MR) is 96.2 cm³/mol. The Balaban J connectivity index is 1.52. The van der Waals surface area contributed by atoms with Crippen molar-refractivity contribution in [2.75, 3.05) is 0 Å². The molecule has 1 fully saturated rings. The number of hydrogen-bond donors (Lipinski definition) is 0. The van der Waals surface area contributed by atoms with Crippen LogP contribution in [0.5, 0.6) is 0 Å². The summed E-state index contributed by atoms with van der Waals surface area (Å²) in [6, 6.07) is 7.02. The van der Waals surface area contributed by atoms with E-state index in [-0.39, 0.29) is 5.82 Å². The molecule has 8 heteroatoms. The first-order chi connectivity index (χ1) is 12.8. The number of halogens is 1. The van der Waals surface area contributed by atoms with E-state index < -0.39 is 0 Å². The van der Waals surface area contributed by atoms with Crippen molar-refractivity contribution < 1.29 is 8.91 Å². The molecule has 0 unspecified atom stereocenters. The van der Waals surface area contributed by atoms with Crippen molar-refractivity contribution >= 4 is 11.8 Å². The number of aryl methyl sites for hydroxylation is 1. The molecule has 0 bridgehead atoms. The largest absolute Gasteiger partial charge is 0.339 e. The van der Waals surface area contributed by atoms with Crippen LogP contribution in [0.25, 0.3) is 11.4 Å². The summed E-state index contributed by atoms with van der Waals surface area (Å²) in [7, 11) is 0. The van der Waals surface area contributed by atoms with Crippen molar-refractivity contribution in [1.29, 1.82) is 0 Å². The maximum atomic E-state index is 14.2. The highest BCUT2D eigenvalue weighted by Gasteiger charge is 2.31. The first kappa shape index (κ1) is 17.2. The van der Waals surface area contributed by atoms with Crippen molar-refractivity contribution in [3.8, 4) is 11.4 Å². The molecule has 136 valence electrons. The summed E-state index contributed by atoms with van der Waals surface area (Å²) in [5.74, 6) is 2.19. The first-order valence-corrected chi connectivity index (χ1v) is 9.89. The van der Waals surface area contributed by atoms with E-state index in [2.05, 4.69) is 27.3 Å². The molecule has 0 amide bonds. The molecule has 4 rings (SSSR count). The minimum absolute atomic E-state index is 0.280. The Morgan fingerprint density at radius 3 is 2.88 bits per heavy atom. The second-order valence-electron chi connectivity index (χ2n) is 6.38. The lowest BCUT2D eigenvalue weighted by Crippen LogP contribution is -2.01. The summed E-state index contributed by atoms with van der Waals surface area (Å²) in [6.45, 7) is 2.13. The molecule has 1 aliphatic carbocycles. The lowest BCUT2D eigenvalue weighted by atomic mass is 10.2. The molecule has 0 N–H and O–H groups in total. The average molecular weight is 373 g/mol. The molecule has 2 heterocycles. The summed E-state index contributed by atoms with van der Waals surface area (Å²) in [4.78, 5) is 4.42. The van der Waals surface area contributed by atoms with Crippen LogP contribution >= 0.6 is 11.8 Å². The van der Waals surface area contributed by atoms with E-state index in [9.17, 15) is 4.39 Å². The number of rotatable bonds is 8. The SMILES string of the molecule is CCCCc1nc(CSc2nnc(-c3ccccc3F)n2C2CC2)no1. The van der Waals surface area contributed by atoms with Crippen molar-refractivity contribution in [2.45, 2.75) is 56.0 Å². The second-order valence-corrected chi connectivity index (χ2v) is 7.33. The van der Waals surface area contributed by atoms with Gasteiger partial charge < -0.3 is 4.52 Å². The van der Waals surface area contributed by atoms with Gasteiger partial charge in [0, 0.05) is 12.5 Å². The summed E-state index contributed by atoms with van der Waals surface area (Å²) >= 11 is 1.51. The standard InChI is InChI=1S/C18H20FN5OS/c1-2-3-8-16-20-15(23-25-16)11-26-18-22-21-17(24(18)12-9-10-12)13-6-4-5-7-14(13)19/h4-7,12H,2-3,8-11H2,1H3. The molecule has 26 heavy (non-hydrogen) atoms. The third-order valence-corrected chi connectivity index (χ3v) is 5.22. The highest BCUT2D eigenvalue weighted by atomic mass is 32.2. The number of unbranched alkanes of at least 4 members (excludes halogenated alkanes) is 1. The Labute approximate surface area is 155 Å². The van der Waals surface area contributed by atoms with Crippen LogP contribution in [-0.2, 0) is 12.2 Å². The Kier molecular flexibility index (Phi) is 5.01. The van der Waals surface area contributed by atoms with Gasteiger partial charge in [0.05, 0.1) is 11.3 Å². The number of aromatic nitrogens is 5. The predicted octanol–water partition coefficient (Wildman–Crippen LogP) is 4.44. The Morgan fingerprint density at radius 2 is 2.12 bits per heavy atom. The number of thioether (sulfide) groups is 1. The summed E-state index contributed by atoms with van der Waals surface area (Å²) in [5, 5.41) is 13.3. The van der Waals surface area contributed by atoms with Crippen molar-refractivity contribution in [2.24, 2.45) is 0 Å². The van der Waals surface area contributed by atoms with Gasteiger partial charge >= 0.3 is 0 Å². The zero-order valence-electron chi connectivity index (χ0n) is 14.6. The van der Waals surface area contributed by atoms with Gasteiger partial charge in [-0.25, -0.2) is 4.39 Å². The minimum Gasteiger partial charge on any atom is -0.339 e. The van der Waals surface area contributed by atoms with Crippen molar-refractivity contribution in [3.63, 3.8) is 0 Å². The van der Waals surface area contributed by atoms with E-state index in [1.807, 2.05) is 10.6 Å². The lowest BCUT2D eigenvalue weighted by Gasteiger charge is -2.08. The van der Waals surface area contributed by atoms with E-state index in [4.69, 9.17) is 4.52 Å². The molecule has 0 aliphatic heterocycles. The fourth-order valence-corrected chi connectivity index (χ4v) is 3.62. The Morgan fingerprint density at radius 1 is 1.27 bits per heavy atom. The summed E-state index contributed by atoms with van der Waals surface area (Å²) < 4.78 is 21.5. The van der Waals surface area contributed by atoms with Crippen LogP contribution in [0.4, 0.5) is 4.39 Å². The molecule has 2 aromatic heterocycles. The number of nitrogens with zero attached hydrogens (tertiary/aromatic N) is 5. The third kappa shape index (κ3) is 3.65. The Bertz CT molecular complexity index is 889. The normalized spacial score (nSPS) is 14.1. The zero-order chi connectivity index (χ0) is 17.9. The van der Waals surface area contributed by atoms with Gasteiger partial charge in [-0.1, -0.05) is 42.4 Å². The van der Waals surface area contributed by atoms with Gasteiger partial charge in [0.2, 0.25) is 5.89 Å². The maximum Gasteiger partial charge on any atom is 0.226 e. The quantitative estimate of drug-likeness (QED) is 0.544. The lowest BCUT2D eigenvalue weighted by molar-refractivity contribution is 0.371. The van der Waals surface area contributed by atoms with Crippen LogP contribution in [0, 0.1) is 5.82 Å². The van der Waals surface area contributed by atoms with Gasteiger partial charge in [-0.3, -0.25) is 4.57 Å². The van der Waals surface area contributed by atoms with Crippen LogP contribution in [0.2, 0.25) is 0 Å². The van der Waals surface area contributed by atoms with Gasteiger partial charge in [-0.2, -0.15) is 4.98 Å². The maximum absolute atomic E-state index is 14.2. The van der Waals surface area contributed by atoms with Crippen molar-refractivity contribution in [1.82, 2.24) is 24.9 Å². The fraction of sp³-hybridized carbons (Fsp3) is 0.444. The molecule has 1 aromatic carbocycles. The number of benzene rings is 1. The molecule has 0 saturated heterocycles. The molecule has 6 nitrogen and oxygen atoms in total. The van der Waals surface area contributed by atoms with E-state index in [1.165, 1.54) is 17.8 Å². The first-order valence-electron chi connectivity index (χ1n) is 8.90. The molecule has 0 atom stereocenters. The fourth-order valence-electron chi connectivity index (χ4n) is 2.77. The van der Waals surface area contributed by atoms with Gasteiger partial charge in [-0.15, -0.1) is 10.2 Å². The zero-order valence-corrected chi connectivity index (χ0v) is 15.4. The second kappa shape index (κ2) is 7.57. The molecule has 0 radical (unpaired) electrons. The van der Waals surface area contributed by atoms with Crippen molar-refractivity contribution in [3.05, 3.63) is 41.8 Å². The van der Waals surface area contributed by atoms with Crippen LogP contribution < -0.4 is 0 Å². The topological polar surface area (TPSA) is 69.6 Å². The molecule has 0 spiro atoms. The van der Waals surface area contributed by atoms with Gasteiger partial charge in [0.15, 0.2) is 16.8 Å².